The van der Waals surface area contributed by atoms with Gasteiger partial charge in [-0.05, 0) is 5.92 Å². The summed E-state index contributed by atoms with van der Waals surface area (Å²) in [6.45, 7) is 2.93. The van der Waals surface area contributed by atoms with Crippen LogP contribution >= 0.6 is 0 Å². The van der Waals surface area contributed by atoms with E-state index in [9.17, 15) is 9.59 Å². The fourth-order valence-electron chi connectivity index (χ4n) is 1.38. The number of hydrogen-bond donors (Lipinski definition) is 2. The smallest absolute Gasteiger partial charge is 0.353 e. The van der Waals surface area contributed by atoms with Crippen molar-refractivity contribution in [2.45, 2.75) is 19.4 Å². The van der Waals surface area contributed by atoms with Crippen molar-refractivity contribution in [1.82, 2.24) is 5.32 Å². The number of rotatable bonds is 6. The quantitative estimate of drug-likeness (QED) is 0.663. The highest BCUT2D eigenvalue weighted by molar-refractivity contribution is 6.36. The predicted molar refractivity (Wildman–Crippen MR) is 58.6 cm³/mol. The SMILES string of the molecule is COCC(C)CNC(=O)C1CC(C(=O)O)=NO1. The lowest BCUT2D eigenvalue weighted by Crippen LogP contribution is -2.38. The zero-order valence-corrected chi connectivity index (χ0v) is 9.80. The summed E-state index contributed by atoms with van der Waals surface area (Å²) in [5.41, 5.74) is -0.130. The summed E-state index contributed by atoms with van der Waals surface area (Å²) in [4.78, 5) is 26.9. The first-order valence-electron chi connectivity index (χ1n) is 5.27. The molecule has 1 heterocycles. The Bertz CT molecular complexity index is 329. The fraction of sp³-hybridized carbons (Fsp3) is 0.700. The van der Waals surface area contributed by atoms with Crippen LogP contribution in [0.4, 0.5) is 0 Å². The molecule has 0 spiro atoms. The maximum Gasteiger partial charge on any atom is 0.353 e. The Kier molecular flexibility index (Phi) is 4.89. The Morgan fingerprint density at radius 1 is 1.71 bits per heavy atom. The summed E-state index contributed by atoms with van der Waals surface area (Å²) in [7, 11) is 1.59. The summed E-state index contributed by atoms with van der Waals surface area (Å²) in [5, 5.41) is 14.6. The monoisotopic (exact) mass is 244 g/mol. The second-order valence-electron chi connectivity index (χ2n) is 3.95. The molecule has 2 N–H and O–H groups in total. The molecule has 96 valence electrons. The van der Waals surface area contributed by atoms with Crippen molar-refractivity contribution in [1.29, 1.82) is 0 Å². The zero-order chi connectivity index (χ0) is 12.8. The van der Waals surface area contributed by atoms with E-state index in [2.05, 4.69) is 10.5 Å². The topological polar surface area (TPSA) is 97.2 Å². The number of ether oxygens (including phenoxy) is 1. The van der Waals surface area contributed by atoms with E-state index in [-0.39, 0.29) is 24.0 Å². The van der Waals surface area contributed by atoms with Crippen LogP contribution in [0.5, 0.6) is 0 Å². The van der Waals surface area contributed by atoms with E-state index < -0.39 is 12.1 Å². The van der Waals surface area contributed by atoms with Crippen molar-refractivity contribution < 1.29 is 24.3 Å². The summed E-state index contributed by atoms with van der Waals surface area (Å²) in [6.07, 6.45) is -0.837. The van der Waals surface area contributed by atoms with Crippen molar-refractivity contribution in [2.24, 2.45) is 11.1 Å². The molecule has 1 aliphatic rings. The number of methoxy groups -OCH3 is 1. The second kappa shape index (κ2) is 6.19. The van der Waals surface area contributed by atoms with Gasteiger partial charge in [0.15, 0.2) is 5.71 Å². The van der Waals surface area contributed by atoms with E-state index >= 15 is 0 Å². The molecular weight excluding hydrogens is 228 g/mol. The molecule has 2 unspecified atom stereocenters. The van der Waals surface area contributed by atoms with Gasteiger partial charge in [0.05, 0.1) is 6.61 Å². The molecule has 1 amide bonds. The minimum atomic E-state index is -1.16. The molecule has 0 saturated carbocycles. The summed E-state index contributed by atoms with van der Waals surface area (Å²) in [5.74, 6) is -1.33. The summed E-state index contributed by atoms with van der Waals surface area (Å²) < 4.78 is 4.93. The van der Waals surface area contributed by atoms with Crippen LogP contribution in [0.25, 0.3) is 0 Å². The van der Waals surface area contributed by atoms with E-state index in [0.29, 0.717) is 13.2 Å². The van der Waals surface area contributed by atoms with Gasteiger partial charge in [-0.25, -0.2) is 4.79 Å². The number of hydrogen-bond acceptors (Lipinski definition) is 5. The Labute approximate surface area is 98.8 Å². The molecule has 17 heavy (non-hydrogen) atoms. The first kappa shape index (κ1) is 13.4. The Morgan fingerprint density at radius 2 is 2.41 bits per heavy atom. The van der Waals surface area contributed by atoms with Gasteiger partial charge in [0.1, 0.15) is 0 Å². The average molecular weight is 244 g/mol. The molecule has 0 aliphatic carbocycles. The lowest BCUT2D eigenvalue weighted by molar-refractivity contribution is -0.131. The largest absolute Gasteiger partial charge is 0.477 e. The van der Waals surface area contributed by atoms with Crippen molar-refractivity contribution in [3.8, 4) is 0 Å². The van der Waals surface area contributed by atoms with Crippen LogP contribution in [0.2, 0.25) is 0 Å². The van der Waals surface area contributed by atoms with Crippen LogP contribution < -0.4 is 5.32 Å². The van der Waals surface area contributed by atoms with Crippen molar-refractivity contribution in [3.05, 3.63) is 0 Å². The maximum absolute atomic E-state index is 11.6. The molecule has 7 nitrogen and oxygen atoms in total. The normalized spacial score (nSPS) is 20.4. The Hall–Kier alpha value is -1.63. The van der Waals surface area contributed by atoms with Gasteiger partial charge in [-0.15, -0.1) is 0 Å². The summed E-state index contributed by atoms with van der Waals surface area (Å²) >= 11 is 0. The van der Waals surface area contributed by atoms with Crippen LogP contribution in [-0.2, 0) is 19.2 Å². The van der Waals surface area contributed by atoms with Crippen molar-refractivity contribution >= 4 is 17.6 Å². The minimum absolute atomic E-state index is 0.000173. The third kappa shape index (κ3) is 4.03. The van der Waals surface area contributed by atoms with E-state index in [1.165, 1.54) is 0 Å². The molecule has 0 aromatic heterocycles. The highest BCUT2D eigenvalue weighted by Gasteiger charge is 2.31. The third-order valence-corrected chi connectivity index (χ3v) is 2.28. The number of oxime groups is 1. The molecule has 0 aromatic carbocycles. The van der Waals surface area contributed by atoms with Crippen LogP contribution in [0.1, 0.15) is 13.3 Å². The number of carboxylic acid groups (broad SMARTS) is 1. The highest BCUT2D eigenvalue weighted by atomic mass is 16.6. The van der Waals surface area contributed by atoms with Crippen molar-refractivity contribution in [2.75, 3.05) is 20.3 Å². The average Bonchev–Trinajstić information content (AvgIpc) is 2.75. The van der Waals surface area contributed by atoms with Crippen LogP contribution in [0.15, 0.2) is 5.16 Å². The molecule has 0 bridgehead atoms. The molecule has 0 aromatic rings. The van der Waals surface area contributed by atoms with E-state index in [4.69, 9.17) is 14.7 Å². The minimum Gasteiger partial charge on any atom is -0.477 e. The highest BCUT2D eigenvalue weighted by Crippen LogP contribution is 2.10. The number of amides is 1. The van der Waals surface area contributed by atoms with Crippen molar-refractivity contribution in [3.63, 3.8) is 0 Å². The number of nitrogens with one attached hydrogen (secondary N) is 1. The molecular formula is C10H16N2O5. The van der Waals surface area contributed by atoms with E-state index in [1.54, 1.807) is 7.11 Å². The molecule has 7 heteroatoms. The second-order valence-corrected chi connectivity index (χ2v) is 3.95. The predicted octanol–water partition coefficient (Wildman–Crippen LogP) is -0.385. The number of carbonyl (C=O) groups is 2. The first-order valence-corrected chi connectivity index (χ1v) is 5.27. The van der Waals surface area contributed by atoms with Gasteiger partial charge in [0.2, 0.25) is 6.10 Å². The summed E-state index contributed by atoms with van der Waals surface area (Å²) in [6, 6.07) is 0. The fourth-order valence-corrected chi connectivity index (χ4v) is 1.38. The lowest BCUT2D eigenvalue weighted by atomic mass is 10.1. The van der Waals surface area contributed by atoms with Gasteiger partial charge in [-0.3, -0.25) is 4.79 Å². The Balaban J connectivity index is 2.29. The van der Waals surface area contributed by atoms with Gasteiger partial charge in [0.25, 0.3) is 5.91 Å². The molecule has 2 atom stereocenters. The zero-order valence-electron chi connectivity index (χ0n) is 9.80. The van der Waals surface area contributed by atoms with Crippen LogP contribution in [-0.4, -0.2) is 49.1 Å². The van der Waals surface area contributed by atoms with Gasteiger partial charge < -0.3 is 20.0 Å². The standard InChI is InChI=1S/C10H16N2O5/c1-6(5-16-2)4-11-9(13)8-3-7(10(14)15)12-17-8/h6,8H,3-5H2,1-2H3,(H,11,13)(H,14,15). The first-order chi connectivity index (χ1) is 8.04. The maximum atomic E-state index is 11.6. The van der Waals surface area contributed by atoms with E-state index in [0.717, 1.165) is 0 Å². The number of nitrogens with zero attached hydrogens (tertiary/aromatic N) is 1. The third-order valence-electron chi connectivity index (χ3n) is 2.28. The molecule has 0 fully saturated rings. The van der Waals surface area contributed by atoms with Crippen LogP contribution in [0.3, 0.4) is 0 Å². The van der Waals surface area contributed by atoms with Gasteiger partial charge in [0, 0.05) is 20.1 Å². The lowest BCUT2D eigenvalue weighted by Gasteiger charge is -2.13. The number of carboxylic acids is 1. The Morgan fingerprint density at radius 3 is 2.94 bits per heavy atom. The van der Waals surface area contributed by atoms with Gasteiger partial charge in [-0.2, -0.15) is 0 Å². The molecule has 0 radical (unpaired) electrons. The number of carbonyl (C=O) groups excluding carboxylic acids is 1. The molecule has 1 aliphatic heterocycles. The molecule has 0 saturated heterocycles. The van der Waals surface area contributed by atoms with E-state index in [1.807, 2.05) is 6.92 Å². The molecule has 1 rings (SSSR count). The van der Waals surface area contributed by atoms with Gasteiger partial charge in [-0.1, -0.05) is 12.1 Å². The van der Waals surface area contributed by atoms with Crippen LogP contribution in [0, 0.1) is 5.92 Å². The van der Waals surface area contributed by atoms with Gasteiger partial charge >= 0.3 is 5.97 Å². The number of aliphatic carboxylic acids is 1.